The third kappa shape index (κ3) is 9.48. The summed E-state index contributed by atoms with van der Waals surface area (Å²) in [5.74, 6) is 0.205. The first-order chi connectivity index (χ1) is 11.2. The van der Waals surface area contributed by atoms with E-state index in [2.05, 4.69) is 15.6 Å². The highest BCUT2D eigenvalue weighted by atomic mass is 127. The smallest absolute Gasteiger partial charge is 0.191 e. The molecule has 1 unspecified atom stereocenters. The van der Waals surface area contributed by atoms with Crippen molar-refractivity contribution in [2.24, 2.45) is 4.99 Å². The van der Waals surface area contributed by atoms with Crippen LogP contribution >= 0.6 is 24.0 Å². The van der Waals surface area contributed by atoms with E-state index in [1.165, 1.54) is 6.07 Å². The molecular formula is C17H28F2IN3OS. The van der Waals surface area contributed by atoms with E-state index in [-0.39, 0.29) is 28.7 Å². The van der Waals surface area contributed by atoms with E-state index in [0.717, 1.165) is 12.1 Å². The summed E-state index contributed by atoms with van der Waals surface area (Å²) in [7, 11) is -0.953. The Balaban J connectivity index is 0.00000576. The van der Waals surface area contributed by atoms with E-state index < -0.39 is 22.4 Å². The number of nitrogens with one attached hydrogen (secondary N) is 2. The molecule has 144 valence electrons. The number of guanidine groups is 1. The molecule has 0 saturated carbocycles. The lowest BCUT2D eigenvalue weighted by Gasteiger charge is -2.17. The first-order valence-corrected chi connectivity index (χ1v) is 9.40. The molecule has 0 heterocycles. The summed E-state index contributed by atoms with van der Waals surface area (Å²) in [5, 5.41) is 6.16. The van der Waals surface area contributed by atoms with Crippen molar-refractivity contribution in [3.05, 3.63) is 35.4 Å². The normalized spacial score (nSPS) is 13.1. The Kier molecular flexibility index (Phi) is 11.4. The van der Waals surface area contributed by atoms with E-state index >= 15 is 0 Å². The van der Waals surface area contributed by atoms with Gasteiger partial charge in [0.25, 0.3) is 0 Å². The molecule has 4 nitrogen and oxygen atoms in total. The molecule has 0 fully saturated rings. The fraction of sp³-hybridized carbons (Fsp3) is 0.588. The van der Waals surface area contributed by atoms with Crippen LogP contribution in [-0.4, -0.2) is 40.3 Å². The minimum atomic E-state index is -0.953. The maximum absolute atomic E-state index is 13.6. The van der Waals surface area contributed by atoms with Crippen LogP contribution in [0.15, 0.2) is 23.2 Å². The Morgan fingerprint density at radius 3 is 2.52 bits per heavy atom. The molecule has 1 atom stereocenters. The van der Waals surface area contributed by atoms with Gasteiger partial charge in [-0.05, 0) is 57.9 Å². The SMILES string of the molecule is CCNC(=NCCS(=O)C(C)(C)C)NCCc1cc(F)ccc1F.I. The largest absolute Gasteiger partial charge is 0.357 e. The summed E-state index contributed by atoms with van der Waals surface area (Å²) in [6.07, 6.45) is 0.349. The highest BCUT2D eigenvalue weighted by Crippen LogP contribution is 2.11. The first-order valence-electron chi connectivity index (χ1n) is 8.08. The highest BCUT2D eigenvalue weighted by Gasteiger charge is 2.18. The second-order valence-electron chi connectivity index (χ2n) is 6.34. The molecule has 0 amide bonds. The van der Waals surface area contributed by atoms with Gasteiger partial charge in [-0.25, -0.2) is 8.78 Å². The summed E-state index contributed by atoms with van der Waals surface area (Å²) in [6, 6.07) is 3.44. The Morgan fingerprint density at radius 1 is 1.24 bits per heavy atom. The maximum atomic E-state index is 13.6. The number of halogens is 3. The van der Waals surface area contributed by atoms with Crippen molar-refractivity contribution in [2.45, 2.75) is 38.9 Å². The van der Waals surface area contributed by atoms with Crippen LogP contribution < -0.4 is 10.6 Å². The van der Waals surface area contributed by atoms with Gasteiger partial charge in [0.2, 0.25) is 0 Å². The molecule has 0 spiro atoms. The molecule has 0 aromatic heterocycles. The van der Waals surface area contributed by atoms with Gasteiger partial charge < -0.3 is 10.6 Å². The van der Waals surface area contributed by atoms with Crippen LogP contribution in [0.1, 0.15) is 33.3 Å². The van der Waals surface area contributed by atoms with Gasteiger partial charge in [-0.2, -0.15) is 0 Å². The van der Waals surface area contributed by atoms with E-state index in [1.54, 1.807) is 0 Å². The standard InChI is InChI=1S/C17H27F2N3OS.HI/c1-5-20-16(22-10-11-24(23)17(2,3)4)21-9-8-13-12-14(18)6-7-15(13)19;/h6-7,12H,5,8-11H2,1-4H3,(H2,20,21,22);1H. The maximum Gasteiger partial charge on any atom is 0.191 e. The summed E-state index contributed by atoms with van der Waals surface area (Å²) in [4.78, 5) is 4.37. The minimum absolute atomic E-state index is 0. The predicted molar refractivity (Wildman–Crippen MR) is 112 cm³/mol. The topological polar surface area (TPSA) is 53.5 Å². The lowest BCUT2D eigenvalue weighted by atomic mass is 10.1. The van der Waals surface area contributed by atoms with Crippen molar-refractivity contribution in [1.82, 2.24) is 10.6 Å². The number of hydrogen-bond donors (Lipinski definition) is 2. The Hall–Kier alpha value is -0.770. The predicted octanol–water partition coefficient (Wildman–Crippen LogP) is 3.23. The van der Waals surface area contributed by atoms with Crippen LogP contribution in [0, 0.1) is 11.6 Å². The molecule has 25 heavy (non-hydrogen) atoms. The quantitative estimate of drug-likeness (QED) is 0.353. The molecule has 1 aromatic rings. The third-order valence-corrected chi connectivity index (χ3v) is 5.19. The number of aliphatic imine (C=N–C) groups is 1. The Morgan fingerprint density at radius 2 is 1.92 bits per heavy atom. The zero-order valence-corrected chi connectivity index (χ0v) is 18.3. The molecule has 0 aliphatic heterocycles. The van der Waals surface area contributed by atoms with Crippen molar-refractivity contribution in [3.63, 3.8) is 0 Å². The molecule has 8 heteroatoms. The number of benzene rings is 1. The van der Waals surface area contributed by atoms with E-state index in [1.807, 2.05) is 27.7 Å². The van der Waals surface area contributed by atoms with E-state index in [4.69, 9.17) is 0 Å². The van der Waals surface area contributed by atoms with E-state index in [9.17, 15) is 13.0 Å². The fourth-order valence-electron chi connectivity index (χ4n) is 1.94. The van der Waals surface area contributed by atoms with Crippen molar-refractivity contribution < 1.29 is 13.0 Å². The minimum Gasteiger partial charge on any atom is -0.357 e. The molecule has 0 saturated heterocycles. The molecule has 0 bridgehead atoms. The third-order valence-electron chi connectivity index (χ3n) is 3.27. The molecular weight excluding hydrogens is 459 g/mol. The first kappa shape index (κ1) is 24.2. The number of nitrogens with zero attached hydrogens (tertiary/aromatic N) is 1. The molecule has 0 radical (unpaired) electrons. The second kappa shape index (κ2) is 11.8. The van der Waals surface area contributed by atoms with E-state index in [0.29, 0.717) is 43.3 Å². The van der Waals surface area contributed by atoms with Crippen LogP contribution in [0.2, 0.25) is 0 Å². The van der Waals surface area contributed by atoms with Gasteiger partial charge in [0, 0.05) is 34.4 Å². The number of hydrogen-bond acceptors (Lipinski definition) is 2. The molecule has 0 aliphatic carbocycles. The van der Waals surface area contributed by atoms with Crippen LogP contribution in [0.4, 0.5) is 8.78 Å². The summed E-state index contributed by atoms with van der Waals surface area (Å²) < 4.78 is 38.5. The van der Waals surface area contributed by atoms with Gasteiger partial charge in [-0.3, -0.25) is 9.20 Å². The van der Waals surface area contributed by atoms with Gasteiger partial charge in [0.15, 0.2) is 5.96 Å². The van der Waals surface area contributed by atoms with Gasteiger partial charge in [0.1, 0.15) is 11.6 Å². The lowest BCUT2D eigenvalue weighted by Crippen LogP contribution is -2.38. The van der Waals surface area contributed by atoms with Gasteiger partial charge >= 0.3 is 0 Å². The average molecular weight is 487 g/mol. The second-order valence-corrected chi connectivity index (χ2v) is 8.66. The Bertz CT molecular complexity index is 592. The fourth-order valence-corrected chi connectivity index (χ4v) is 2.81. The summed E-state index contributed by atoms with van der Waals surface area (Å²) in [5.41, 5.74) is 0.326. The monoisotopic (exact) mass is 487 g/mol. The van der Waals surface area contributed by atoms with Gasteiger partial charge in [0.05, 0.1) is 6.54 Å². The van der Waals surface area contributed by atoms with Crippen molar-refractivity contribution in [1.29, 1.82) is 0 Å². The Labute approximate surface area is 168 Å². The van der Waals surface area contributed by atoms with Gasteiger partial charge in [-0.15, -0.1) is 24.0 Å². The molecule has 1 aromatic carbocycles. The molecule has 1 rings (SSSR count). The molecule has 2 N–H and O–H groups in total. The van der Waals surface area contributed by atoms with Crippen LogP contribution in [-0.2, 0) is 17.2 Å². The molecule has 0 aliphatic rings. The lowest BCUT2D eigenvalue weighted by molar-refractivity contribution is 0.583. The van der Waals surface area contributed by atoms with Crippen molar-refractivity contribution >= 4 is 40.7 Å². The van der Waals surface area contributed by atoms with Crippen LogP contribution in [0.25, 0.3) is 0 Å². The summed E-state index contributed by atoms with van der Waals surface area (Å²) >= 11 is 0. The zero-order chi connectivity index (χ0) is 18.2. The zero-order valence-electron chi connectivity index (χ0n) is 15.2. The number of rotatable bonds is 7. The van der Waals surface area contributed by atoms with Crippen LogP contribution in [0.5, 0.6) is 0 Å². The van der Waals surface area contributed by atoms with Crippen molar-refractivity contribution in [2.75, 3.05) is 25.4 Å². The summed E-state index contributed by atoms with van der Waals surface area (Å²) in [6.45, 7) is 9.29. The van der Waals surface area contributed by atoms with Crippen LogP contribution in [0.3, 0.4) is 0 Å². The highest BCUT2D eigenvalue weighted by molar-refractivity contribution is 14.0. The average Bonchev–Trinajstić information content (AvgIpc) is 2.49. The van der Waals surface area contributed by atoms with Crippen molar-refractivity contribution in [3.8, 4) is 0 Å². The van der Waals surface area contributed by atoms with Gasteiger partial charge in [-0.1, -0.05) is 0 Å².